The Morgan fingerprint density at radius 3 is 2.50 bits per heavy atom. The summed E-state index contributed by atoms with van der Waals surface area (Å²) in [5, 5.41) is 14.1. The van der Waals surface area contributed by atoms with Gasteiger partial charge in [0.2, 0.25) is 0 Å². The molecule has 0 aliphatic rings. The van der Waals surface area contributed by atoms with Gasteiger partial charge in [0.15, 0.2) is 0 Å². The molecule has 0 spiro atoms. The van der Waals surface area contributed by atoms with Crippen LogP contribution in [0.15, 0.2) is 0 Å². The summed E-state index contributed by atoms with van der Waals surface area (Å²) in [4.78, 5) is 22.2. The number of urea groups is 1. The lowest BCUT2D eigenvalue weighted by Gasteiger charge is -2.20. The summed E-state index contributed by atoms with van der Waals surface area (Å²) < 4.78 is 5.14. The predicted octanol–water partition coefficient (Wildman–Crippen LogP) is 1.21. The number of ether oxygens (including phenoxy) is 1. The highest BCUT2D eigenvalue weighted by atomic mass is 16.5. The Labute approximate surface area is 108 Å². The van der Waals surface area contributed by atoms with Crippen molar-refractivity contribution >= 4 is 12.0 Å². The van der Waals surface area contributed by atoms with Crippen molar-refractivity contribution in [2.24, 2.45) is 5.92 Å². The number of nitrogens with one attached hydrogen (secondary N) is 2. The molecular weight excluding hydrogens is 236 g/mol. The fourth-order valence-corrected chi connectivity index (χ4v) is 1.38. The minimum atomic E-state index is -0.912. The SMILES string of the molecule is CCOCCCNC(=O)NC(CC(=O)O)C(C)C. The zero-order valence-corrected chi connectivity index (χ0v) is 11.4. The Morgan fingerprint density at radius 2 is 2.00 bits per heavy atom. The lowest BCUT2D eigenvalue weighted by atomic mass is 10.0. The van der Waals surface area contributed by atoms with Crippen LogP contribution in [0.2, 0.25) is 0 Å². The molecule has 6 nitrogen and oxygen atoms in total. The maximum absolute atomic E-state index is 11.5. The van der Waals surface area contributed by atoms with E-state index >= 15 is 0 Å². The van der Waals surface area contributed by atoms with E-state index in [0.29, 0.717) is 19.8 Å². The van der Waals surface area contributed by atoms with Crippen molar-refractivity contribution < 1.29 is 19.4 Å². The Morgan fingerprint density at radius 1 is 1.33 bits per heavy atom. The first kappa shape index (κ1) is 16.7. The van der Waals surface area contributed by atoms with Crippen LogP contribution in [0.5, 0.6) is 0 Å². The lowest BCUT2D eigenvalue weighted by Crippen LogP contribution is -2.45. The highest BCUT2D eigenvalue weighted by Crippen LogP contribution is 2.05. The number of carboxylic acid groups (broad SMARTS) is 1. The summed E-state index contributed by atoms with van der Waals surface area (Å²) in [5.74, 6) is -0.833. The summed E-state index contributed by atoms with van der Waals surface area (Å²) in [5.41, 5.74) is 0. The first-order valence-electron chi connectivity index (χ1n) is 6.31. The molecule has 0 aromatic heterocycles. The number of hydrogen-bond donors (Lipinski definition) is 3. The molecule has 1 atom stereocenters. The topological polar surface area (TPSA) is 87.7 Å². The Kier molecular flexibility index (Phi) is 9.00. The van der Waals surface area contributed by atoms with Gasteiger partial charge in [0, 0.05) is 25.8 Å². The Hall–Kier alpha value is -1.30. The fourth-order valence-electron chi connectivity index (χ4n) is 1.38. The number of carboxylic acids is 1. The monoisotopic (exact) mass is 260 g/mol. The highest BCUT2D eigenvalue weighted by Gasteiger charge is 2.18. The van der Waals surface area contributed by atoms with Gasteiger partial charge in [-0.3, -0.25) is 4.79 Å². The van der Waals surface area contributed by atoms with Gasteiger partial charge in [-0.15, -0.1) is 0 Å². The van der Waals surface area contributed by atoms with Crippen molar-refractivity contribution in [3.05, 3.63) is 0 Å². The molecule has 0 heterocycles. The quantitative estimate of drug-likeness (QED) is 0.544. The normalized spacial score (nSPS) is 12.2. The summed E-state index contributed by atoms with van der Waals surface area (Å²) in [7, 11) is 0. The zero-order chi connectivity index (χ0) is 14.0. The molecule has 3 N–H and O–H groups in total. The second kappa shape index (κ2) is 9.70. The van der Waals surface area contributed by atoms with E-state index in [0.717, 1.165) is 6.42 Å². The molecule has 0 radical (unpaired) electrons. The third kappa shape index (κ3) is 8.81. The van der Waals surface area contributed by atoms with E-state index in [4.69, 9.17) is 9.84 Å². The van der Waals surface area contributed by atoms with Gasteiger partial charge in [-0.25, -0.2) is 4.79 Å². The van der Waals surface area contributed by atoms with Crippen molar-refractivity contribution in [2.45, 2.75) is 39.7 Å². The molecule has 106 valence electrons. The van der Waals surface area contributed by atoms with Crippen LogP contribution in [-0.4, -0.2) is 42.9 Å². The standard InChI is InChI=1S/C12H24N2O4/c1-4-18-7-5-6-13-12(17)14-10(9(2)3)8-11(15)16/h9-10H,4-8H2,1-3H3,(H,15,16)(H2,13,14,17). The van der Waals surface area contributed by atoms with Crippen LogP contribution in [0.1, 0.15) is 33.6 Å². The van der Waals surface area contributed by atoms with Crippen LogP contribution in [0, 0.1) is 5.92 Å². The lowest BCUT2D eigenvalue weighted by molar-refractivity contribution is -0.137. The molecular formula is C12H24N2O4. The van der Waals surface area contributed by atoms with E-state index in [9.17, 15) is 9.59 Å². The van der Waals surface area contributed by atoms with Gasteiger partial charge in [0.05, 0.1) is 6.42 Å². The molecule has 0 aliphatic carbocycles. The summed E-state index contributed by atoms with van der Waals surface area (Å²) >= 11 is 0. The van der Waals surface area contributed by atoms with Crippen molar-refractivity contribution in [2.75, 3.05) is 19.8 Å². The van der Waals surface area contributed by atoms with Gasteiger partial charge in [-0.1, -0.05) is 13.8 Å². The van der Waals surface area contributed by atoms with Gasteiger partial charge in [0.1, 0.15) is 0 Å². The number of hydrogen-bond acceptors (Lipinski definition) is 3. The van der Waals surface area contributed by atoms with Crippen molar-refractivity contribution in [3.63, 3.8) is 0 Å². The molecule has 1 unspecified atom stereocenters. The highest BCUT2D eigenvalue weighted by molar-refractivity contribution is 5.75. The van der Waals surface area contributed by atoms with Crippen LogP contribution in [0.4, 0.5) is 4.79 Å². The van der Waals surface area contributed by atoms with Gasteiger partial charge >= 0.3 is 12.0 Å². The number of rotatable bonds is 9. The van der Waals surface area contributed by atoms with Crippen molar-refractivity contribution in [1.82, 2.24) is 10.6 Å². The molecule has 0 bridgehead atoms. The first-order valence-corrected chi connectivity index (χ1v) is 6.31. The maximum atomic E-state index is 11.5. The Balaban J connectivity index is 3.84. The van der Waals surface area contributed by atoms with E-state index in [1.165, 1.54) is 0 Å². The smallest absolute Gasteiger partial charge is 0.315 e. The van der Waals surface area contributed by atoms with Gasteiger partial charge in [0.25, 0.3) is 0 Å². The van der Waals surface area contributed by atoms with Crippen LogP contribution < -0.4 is 10.6 Å². The van der Waals surface area contributed by atoms with Crippen LogP contribution >= 0.6 is 0 Å². The number of carbonyl (C=O) groups excluding carboxylic acids is 1. The third-order valence-corrected chi connectivity index (χ3v) is 2.47. The molecule has 6 heteroatoms. The van der Waals surface area contributed by atoms with E-state index in [-0.39, 0.29) is 24.4 Å². The van der Waals surface area contributed by atoms with Crippen LogP contribution in [-0.2, 0) is 9.53 Å². The van der Waals surface area contributed by atoms with Crippen molar-refractivity contribution in [3.8, 4) is 0 Å². The Bertz CT molecular complexity index is 256. The fraction of sp³-hybridized carbons (Fsp3) is 0.833. The second-order valence-electron chi connectivity index (χ2n) is 4.40. The van der Waals surface area contributed by atoms with Gasteiger partial charge in [-0.2, -0.15) is 0 Å². The van der Waals surface area contributed by atoms with Crippen LogP contribution in [0.3, 0.4) is 0 Å². The third-order valence-electron chi connectivity index (χ3n) is 2.47. The molecule has 0 rings (SSSR count). The molecule has 18 heavy (non-hydrogen) atoms. The molecule has 2 amide bonds. The second-order valence-corrected chi connectivity index (χ2v) is 4.40. The number of carbonyl (C=O) groups is 2. The summed E-state index contributed by atoms with van der Waals surface area (Å²) in [6.45, 7) is 7.47. The van der Waals surface area contributed by atoms with Gasteiger partial charge in [-0.05, 0) is 19.3 Å². The van der Waals surface area contributed by atoms with E-state index < -0.39 is 5.97 Å². The summed E-state index contributed by atoms with van der Waals surface area (Å²) in [6, 6.07) is -0.680. The first-order chi connectivity index (χ1) is 8.47. The molecule has 0 aromatic carbocycles. The van der Waals surface area contributed by atoms with E-state index in [2.05, 4.69) is 10.6 Å². The van der Waals surface area contributed by atoms with Crippen molar-refractivity contribution in [1.29, 1.82) is 0 Å². The molecule has 0 fully saturated rings. The average molecular weight is 260 g/mol. The molecule has 0 saturated heterocycles. The van der Waals surface area contributed by atoms with E-state index in [1.54, 1.807) is 0 Å². The minimum Gasteiger partial charge on any atom is -0.481 e. The minimum absolute atomic E-state index is 0.0654. The maximum Gasteiger partial charge on any atom is 0.315 e. The van der Waals surface area contributed by atoms with Gasteiger partial charge < -0.3 is 20.5 Å². The largest absolute Gasteiger partial charge is 0.481 e. The molecule has 0 aromatic rings. The number of aliphatic carboxylic acids is 1. The summed E-state index contributed by atoms with van der Waals surface area (Å²) in [6.07, 6.45) is 0.677. The predicted molar refractivity (Wildman–Crippen MR) is 68.5 cm³/mol. The van der Waals surface area contributed by atoms with Crippen LogP contribution in [0.25, 0.3) is 0 Å². The molecule has 0 aliphatic heterocycles. The number of amides is 2. The molecule has 0 saturated carbocycles. The van der Waals surface area contributed by atoms with E-state index in [1.807, 2.05) is 20.8 Å². The zero-order valence-electron chi connectivity index (χ0n) is 11.4. The average Bonchev–Trinajstić information content (AvgIpc) is 2.27.